The van der Waals surface area contributed by atoms with Crippen molar-refractivity contribution < 1.29 is 0 Å². The van der Waals surface area contributed by atoms with Gasteiger partial charge in [-0.05, 0) is 74.3 Å². The van der Waals surface area contributed by atoms with Crippen LogP contribution in [0.1, 0.15) is 79.1 Å². The Morgan fingerprint density at radius 2 is 1.76 bits per heavy atom. The Kier molecular flexibility index (Phi) is 6.17. The second kappa shape index (κ2) is 7.49. The van der Waals surface area contributed by atoms with Gasteiger partial charge in [0.25, 0.3) is 0 Å². The van der Waals surface area contributed by atoms with Crippen molar-refractivity contribution in [3.8, 4) is 0 Å². The fourth-order valence-electron chi connectivity index (χ4n) is 5.24. The normalized spacial score (nSPS) is 38.4. The van der Waals surface area contributed by atoms with Crippen LogP contribution in [-0.4, -0.2) is 13.6 Å². The average molecular weight is 294 g/mol. The zero-order chi connectivity index (χ0) is 15.5. The summed E-state index contributed by atoms with van der Waals surface area (Å²) in [6.45, 7) is 11.0. The molecule has 5 unspecified atom stereocenters. The molecule has 0 radical (unpaired) electrons. The summed E-state index contributed by atoms with van der Waals surface area (Å²) in [5.41, 5.74) is 0.502. The van der Waals surface area contributed by atoms with Crippen LogP contribution in [0.5, 0.6) is 0 Å². The molecule has 1 N–H and O–H groups in total. The molecule has 0 amide bonds. The van der Waals surface area contributed by atoms with Gasteiger partial charge in [0, 0.05) is 0 Å². The van der Waals surface area contributed by atoms with Crippen molar-refractivity contribution in [2.45, 2.75) is 79.1 Å². The molecule has 1 heteroatoms. The van der Waals surface area contributed by atoms with Gasteiger partial charge in [-0.15, -0.1) is 0 Å². The van der Waals surface area contributed by atoms with E-state index < -0.39 is 0 Å². The summed E-state index contributed by atoms with van der Waals surface area (Å²) in [5.74, 6) is 4.91. The maximum absolute atomic E-state index is 3.49. The molecule has 0 aromatic heterocycles. The van der Waals surface area contributed by atoms with Gasteiger partial charge in [0.1, 0.15) is 0 Å². The SMILES string of the molecule is CCC1CCCC(C2CC(C(C)(C)C)CCC2CNC)C1. The Morgan fingerprint density at radius 3 is 2.38 bits per heavy atom. The Bertz CT molecular complexity index is 303. The molecule has 0 saturated heterocycles. The smallest absolute Gasteiger partial charge is 0.00208 e. The molecule has 21 heavy (non-hydrogen) atoms. The van der Waals surface area contributed by atoms with E-state index in [4.69, 9.17) is 0 Å². The lowest BCUT2D eigenvalue weighted by atomic mass is 9.59. The minimum Gasteiger partial charge on any atom is -0.319 e. The zero-order valence-corrected chi connectivity index (χ0v) is 15.3. The van der Waals surface area contributed by atoms with Crippen molar-refractivity contribution in [1.29, 1.82) is 0 Å². The minimum atomic E-state index is 0.502. The molecule has 2 aliphatic rings. The largest absolute Gasteiger partial charge is 0.319 e. The first kappa shape index (κ1) is 17.3. The van der Waals surface area contributed by atoms with E-state index in [-0.39, 0.29) is 0 Å². The van der Waals surface area contributed by atoms with Crippen LogP contribution in [-0.2, 0) is 0 Å². The van der Waals surface area contributed by atoms with Crippen molar-refractivity contribution in [3.63, 3.8) is 0 Å². The molecule has 0 aromatic carbocycles. The third-order valence-corrected chi connectivity index (χ3v) is 6.75. The third-order valence-electron chi connectivity index (χ3n) is 6.75. The van der Waals surface area contributed by atoms with Gasteiger partial charge < -0.3 is 5.32 Å². The van der Waals surface area contributed by atoms with E-state index >= 15 is 0 Å². The summed E-state index contributed by atoms with van der Waals surface area (Å²) in [7, 11) is 2.14. The van der Waals surface area contributed by atoms with E-state index in [1.165, 1.54) is 57.9 Å². The summed E-state index contributed by atoms with van der Waals surface area (Å²) in [6, 6.07) is 0. The number of hydrogen-bond acceptors (Lipinski definition) is 1. The highest BCUT2D eigenvalue weighted by atomic mass is 14.8. The van der Waals surface area contributed by atoms with Crippen LogP contribution in [0.3, 0.4) is 0 Å². The van der Waals surface area contributed by atoms with Gasteiger partial charge in [0.15, 0.2) is 0 Å². The summed E-state index contributed by atoms with van der Waals surface area (Å²) in [5, 5.41) is 3.49. The van der Waals surface area contributed by atoms with Crippen molar-refractivity contribution >= 4 is 0 Å². The van der Waals surface area contributed by atoms with Crippen LogP contribution >= 0.6 is 0 Å². The van der Waals surface area contributed by atoms with E-state index in [9.17, 15) is 0 Å². The van der Waals surface area contributed by atoms with Gasteiger partial charge in [0.2, 0.25) is 0 Å². The van der Waals surface area contributed by atoms with Crippen LogP contribution < -0.4 is 5.32 Å². The van der Waals surface area contributed by atoms with Crippen molar-refractivity contribution in [1.82, 2.24) is 5.32 Å². The molecule has 0 bridgehead atoms. The number of rotatable bonds is 4. The average Bonchev–Trinajstić information content (AvgIpc) is 2.47. The molecule has 0 spiro atoms. The van der Waals surface area contributed by atoms with Gasteiger partial charge in [-0.3, -0.25) is 0 Å². The lowest BCUT2D eigenvalue weighted by Crippen LogP contribution is -2.40. The predicted octanol–water partition coefficient (Wildman–Crippen LogP) is 5.50. The van der Waals surface area contributed by atoms with E-state index in [0.29, 0.717) is 5.41 Å². The molecule has 1 nitrogen and oxygen atoms in total. The molecule has 5 atom stereocenters. The topological polar surface area (TPSA) is 12.0 Å². The summed E-state index contributed by atoms with van der Waals surface area (Å²) >= 11 is 0. The molecule has 0 aliphatic heterocycles. The van der Waals surface area contributed by atoms with Crippen molar-refractivity contribution in [2.24, 2.45) is 35.0 Å². The Hall–Kier alpha value is -0.0400. The lowest BCUT2D eigenvalue weighted by Gasteiger charge is -2.46. The fraction of sp³-hybridized carbons (Fsp3) is 1.00. The second-order valence-electron chi connectivity index (χ2n) is 9.06. The zero-order valence-electron chi connectivity index (χ0n) is 15.3. The van der Waals surface area contributed by atoms with Crippen LogP contribution in [0.15, 0.2) is 0 Å². The molecular formula is C20H39N. The summed E-state index contributed by atoms with van der Waals surface area (Å²) in [6.07, 6.45) is 11.8. The van der Waals surface area contributed by atoms with Gasteiger partial charge in [-0.2, -0.15) is 0 Å². The maximum atomic E-state index is 3.49. The molecule has 0 heterocycles. The Balaban J connectivity index is 2.06. The van der Waals surface area contributed by atoms with Crippen molar-refractivity contribution in [2.75, 3.05) is 13.6 Å². The van der Waals surface area contributed by atoms with E-state index in [1.54, 1.807) is 0 Å². The molecule has 2 fully saturated rings. The molecular weight excluding hydrogens is 254 g/mol. The predicted molar refractivity (Wildman–Crippen MR) is 93.4 cm³/mol. The van der Waals surface area contributed by atoms with Crippen LogP contribution in [0, 0.1) is 35.0 Å². The van der Waals surface area contributed by atoms with Crippen molar-refractivity contribution in [3.05, 3.63) is 0 Å². The quantitative estimate of drug-likeness (QED) is 0.721. The molecule has 124 valence electrons. The first-order valence-corrected chi connectivity index (χ1v) is 9.60. The Labute approximate surface area is 133 Å². The van der Waals surface area contributed by atoms with Crippen LogP contribution in [0.25, 0.3) is 0 Å². The first-order chi connectivity index (χ1) is 9.95. The fourth-order valence-corrected chi connectivity index (χ4v) is 5.24. The van der Waals surface area contributed by atoms with E-state index in [0.717, 1.165) is 29.6 Å². The van der Waals surface area contributed by atoms with Gasteiger partial charge in [0.05, 0.1) is 0 Å². The second-order valence-corrected chi connectivity index (χ2v) is 9.06. The molecule has 2 saturated carbocycles. The van der Waals surface area contributed by atoms with E-state index in [2.05, 4.69) is 40.1 Å². The van der Waals surface area contributed by atoms with Gasteiger partial charge in [-0.25, -0.2) is 0 Å². The minimum absolute atomic E-state index is 0.502. The Morgan fingerprint density at radius 1 is 1.00 bits per heavy atom. The molecule has 0 aromatic rings. The van der Waals surface area contributed by atoms with E-state index in [1.807, 2.05) is 0 Å². The molecule has 2 aliphatic carbocycles. The van der Waals surface area contributed by atoms with Crippen LogP contribution in [0.2, 0.25) is 0 Å². The highest BCUT2D eigenvalue weighted by Crippen LogP contribution is 2.49. The summed E-state index contributed by atoms with van der Waals surface area (Å²) in [4.78, 5) is 0. The first-order valence-electron chi connectivity index (χ1n) is 9.60. The third kappa shape index (κ3) is 4.47. The number of nitrogens with one attached hydrogen (secondary N) is 1. The maximum Gasteiger partial charge on any atom is -0.00208 e. The highest BCUT2D eigenvalue weighted by molar-refractivity contribution is 4.91. The monoisotopic (exact) mass is 293 g/mol. The molecule has 2 rings (SSSR count). The standard InChI is InChI=1S/C20H39N/c1-6-15-8-7-9-16(12-15)19-13-18(20(2,3)4)11-10-17(19)14-21-5/h15-19,21H,6-14H2,1-5H3. The highest BCUT2D eigenvalue weighted by Gasteiger charge is 2.40. The summed E-state index contributed by atoms with van der Waals surface area (Å²) < 4.78 is 0. The number of hydrogen-bond donors (Lipinski definition) is 1. The lowest BCUT2D eigenvalue weighted by molar-refractivity contribution is 0.0419. The van der Waals surface area contributed by atoms with Crippen LogP contribution in [0.4, 0.5) is 0 Å². The van der Waals surface area contributed by atoms with Gasteiger partial charge in [-0.1, -0.05) is 53.4 Å². The van der Waals surface area contributed by atoms with Gasteiger partial charge >= 0.3 is 0 Å².